The molecule has 1 aromatic carbocycles. The number of nitrogens with zero attached hydrogens (tertiary/aromatic N) is 1. The highest BCUT2D eigenvalue weighted by Crippen LogP contribution is 2.31. The molecule has 0 fully saturated rings. The molecule has 2 aromatic heterocycles. The summed E-state index contributed by atoms with van der Waals surface area (Å²) >= 11 is 1.33. The zero-order chi connectivity index (χ0) is 19.6. The number of hydrogen-bond acceptors (Lipinski definition) is 6. The molecule has 2 heterocycles. The van der Waals surface area contributed by atoms with Gasteiger partial charge in [0.15, 0.2) is 5.75 Å². The molecule has 8 nitrogen and oxygen atoms in total. The van der Waals surface area contributed by atoms with Gasteiger partial charge in [-0.2, -0.15) is 0 Å². The number of carbonyl (C=O) groups is 2. The quantitative estimate of drug-likeness (QED) is 0.574. The van der Waals surface area contributed by atoms with Gasteiger partial charge in [0.2, 0.25) is 5.75 Å². The first-order valence-corrected chi connectivity index (χ1v) is 8.48. The maximum absolute atomic E-state index is 12.6. The Hall–Kier alpha value is -3.59. The SMILES string of the molecule is O=C(O)Oc1cc(-c2cccs2)n(Cc2ccc(C(=O)O)cc2)c(=O)c1O. The van der Waals surface area contributed by atoms with Crippen LogP contribution in [0, 0.1) is 0 Å². The van der Waals surface area contributed by atoms with Crippen LogP contribution in [0.3, 0.4) is 0 Å². The Morgan fingerprint density at radius 1 is 1.11 bits per heavy atom. The Balaban J connectivity index is 2.10. The number of benzene rings is 1. The van der Waals surface area contributed by atoms with Gasteiger partial charge in [-0.25, -0.2) is 9.59 Å². The molecule has 3 N–H and O–H groups in total. The van der Waals surface area contributed by atoms with Crippen LogP contribution in [-0.2, 0) is 6.54 Å². The van der Waals surface area contributed by atoms with Crippen LogP contribution in [0.15, 0.2) is 52.6 Å². The number of pyridine rings is 1. The smallest absolute Gasteiger partial charge is 0.500 e. The van der Waals surface area contributed by atoms with Gasteiger partial charge in [-0.3, -0.25) is 9.36 Å². The summed E-state index contributed by atoms with van der Waals surface area (Å²) in [5, 5.41) is 29.6. The molecule has 0 aliphatic rings. The Bertz CT molecular complexity index is 1050. The minimum Gasteiger partial charge on any atom is -0.500 e. The highest BCUT2D eigenvalue weighted by molar-refractivity contribution is 7.13. The van der Waals surface area contributed by atoms with E-state index in [9.17, 15) is 19.5 Å². The summed E-state index contributed by atoms with van der Waals surface area (Å²) in [6.07, 6.45) is -1.65. The van der Waals surface area contributed by atoms with Crippen LogP contribution in [0.5, 0.6) is 11.5 Å². The number of hydrogen-bond donors (Lipinski definition) is 3. The lowest BCUT2D eigenvalue weighted by Crippen LogP contribution is -2.23. The van der Waals surface area contributed by atoms with E-state index in [0.717, 1.165) is 0 Å². The fourth-order valence-electron chi connectivity index (χ4n) is 2.51. The van der Waals surface area contributed by atoms with Crippen molar-refractivity contribution in [1.82, 2.24) is 4.57 Å². The van der Waals surface area contributed by atoms with Crippen molar-refractivity contribution in [3.05, 3.63) is 69.3 Å². The molecule has 138 valence electrons. The lowest BCUT2D eigenvalue weighted by Gasteiger charge is -2.14. The summed E-state index contributed by atoms with van der Waals surface area (Å²) in [7, 11) is 0. The molecular weight excluding hydrogens is 374 g/mol. The van der Waals surface area contributed by atoms with Gasteiger partial charge in [-0.15, -0.1) is 11.3 Å². The lowest BCUT2D eigenvalue weighted by molar-refractivity contribution is 0.0696. The molecule has 9 heteroatoms. The van der Waals surface area contributed by atoms with Gasteiger partial charge >= 0.3 is 12.1 Å². The van der Waals surface area contributed by atoms with Crippen molar-refractivity contribution in [3.8, 4) is 22.1 Å². The number of aromatic nitrogens is 1. The largest absolute Gasteiger partial charge is 0.511 e. The molecule has 0 radical (unpaired) electrons. The fraction of sp³-hybridized carbons (Fsp3) is 0.0556. The number of carboxylic acids is 1. The summed E-state index contributed by atoms with van der Waals surface area (Å²) in [6, 6.07) is 10.7. The van der Waals surface area contributed by atoms with Crippen LogP contribution in [0.25, 0.3) is 10.6 Å². The third kappa shape index (κ3) is 3.82. The van der Waals surface area contributed by atoms with Crippen molar-refractivity contribution in [3.63, 3.8) is 0 Å². The monoisotopic (exact) mass is 387 g/mol. The Morgan fingerprint density at radius 3 is 2.37 bits per heavy atom. The average molecular weight is 387 g/mol. The Kier molecular flexibility index (Phi) is 4.95. The summed E-state index contributed by atoms with van der Waals surface area (Å²) in [4.78, 5) is 35.0. The van der Waals surface area contributed by atoms with E-state index in [1.54, 1.807) is 29.6 Å². The molecule has 0 aliphatic carbocycles. The molecule has 0 bridgehead atoms. The zero-order valence-electron chi connectivity index (χ0n) is 13.7. The van der Waals surface area contributed by atoms with Crippen LogP contribution < -0.4 is 10.3 Å². The second kappa shape index (κ2) is 7.34. The Morgan fingerprint density at radius 2 is 1.81 bits per heavy atom. The molecule has 0 saturated carbocycles. The van der Waals surface area contributed by atoms with Crippen LogP contribution in [0.2, 0.25) is 0 Å². The second-order valence-corrected chi connectivity index (χ2v) is 6.43. The van der Waals surface area contributed by atoms with Crippen LogP contribution in [-0.4, -0.2) is 32.0 Å². The first kappa shape index (κ1) is 18.2. The van der Waals surface area contributed by atoms with E-state index in [0.29, 0.717) is 16.1 Å². The lowest BCUT2D eigenvalue weighted by atomic mass is 10.1. The minimum atomic E-state index is -1.65. The highest BCUT2D eigenvalue weighted by Gasteiger charge is 2.19. The predicted octanol–water partition coefficient (Wildman–Crippen LogP) is 3.09. The van der Waals surface area contributed by atoms with E-state index in [1.165, 1.54) is 34.1 Å². The van der Waals surface area contributed by atoms with Crippen LogP contribution >= 0.6 is 11.3 Å². The van der Waals surface area contributed by atoms with E-state index >= 15 is 0 Å². The van der Waals surface area contributed by atoms with Gasteiger partial charge in [0.25, 0.3) is 5.56 Å². The summed E-state index contributed by atoms with van der Waals surface area (Å²) in [6.45, 7) is 0.0485. The second-order valence-electron chi connectivity index (χ2n) is 5.48. The van der Waals surface area contributed by atoms with Gasteiger partial charge in [0, 0.05) is 6.07 Å². The molecule has 27 heavy (non-hydrogen) atoms. The molecular formula is C18H13NO7S. The summed E-state index contributed by atoms with van der Waals surface area (Å²) in [5.41, 5.74) is 0.287. The molecule has 0 atom stereocenters. The molecule has 0 saturated heterocycles. The zero-order valence-corrected chi connectivity index (χ0v) is 14.5. The number of aromatic carboxylic acids is 1. The maximum atomic E-state index is 12.6. The number of rotatable bonds is 5. The number of ether oxygens (including phenoxy) is 1. The average Bonchev–Trinajstić information content (AvgIpc) is 3.16. The van der Waals surface area contributed by atoms with Crippen molar-refractivity contribution < 1.29 is 29.6 Å². The van der Waals surface area contributed by atoms with E-state index in [2.05, 4.69) is 4.74 Å². The van der Waals surface area contributed by atoms with E-state index in [1.807, 2.05) is 0 Å². The number of thiophene rings is 1. The third-order valence-electron chi connectivity index (χ3n) is 3.75. The van der Waals surface area contributed by atoms with E-state index in [4.69, 9.17) is 10.2 Å². The molecule has 0 spiro atoms. The van der Waals surface area contributed by atoms with Crippen molar-refractivity contribution in [2.45, 2.75) is 6.54 Å². The molecule has 3 rings (SSSR count). The first-order valence-electron chi connectivity index (χ1n) is 7.60. The molecule has 0 aliphatic heterocycles. The van der Waals surface area contributed by atoms with Gasteiger partial charge in [-0.05, 0) is 29.1 Å². The van der Waals surface area contributed by atoms with Gasteiger partial charge < -0.3 is 20.1 Å². The Labute approximate surface area is 156 Å². The standard InChI is InChI=1S/C18H13NO7S/c20-15-13(26-18(24)25)8-12(14-2-1-7-27-14)19(16(15)21)9-10-3-5-11(6-4-10)17(22)23/h1-8,20H,9H2,(H,22,23)(H,24,25). The predicted molar refractivity (Wildman–Crippen MR) is 96.8 cm³/mol. The minimum absolute atomic E-state index is 0.0485. The van der Waals surface area contributed by atoms with Crippen molar-refractivity contribution >= 4 is 23.5 Å². The highest BCUT2D eigenvalue weighted by atomic mass is 32.1. The molecule has 0 unspecified atom stereocenters. The first-order chi connectivity index (χ1) is 12.9. The normalized spacial score (nSPS) is 10.5. The van der Waals surface area contributed by atoms with Gasteiger partial charge in [0.1, 0.15) is 0 Å². The number of aromatic hydroxyl groups is 1. The van der Waals surface area contributed by atoms with Gasteiger partial charge in [0.05, 0.1) is 22.7 Å². The molecule has 3 aromatic rings. The van der Waals surface area contributed by atoms with Gasteiger partial charge in [-0.1, -0.05) is 18.2 Å². The molecule has 0 amide bonds. The van der Waals surface area contributed by atoms with E-state index < -0.39 is 29.2 Å². The maximum Gasteiger partial charge on any atom is 0.511 e. The number of carboxylic acid groups (broad SMARTS) is 2. The van der Waals surface area contributed by atoms with Crippen LogP contribution in [0.4, 0.5) is 4.79 Å². The van der Waals surface area contributed by atoms with E-state index in [-0.39, 0.29) is 12.1 Å². The summed E-state index contributed by atoms with van der Waals surface area (Å²) in [5.74, 6) is -2.33. The van der Waals surface area contributed by atoms with Crippen LogP contribution in [0.1, 0.15) is 15.9 Å². The van der Waals surface area contributed by atoms with Crippen molar-refractivity contribution in [2.24, 2.45) is 0 Å². The fourth-order valence-corrected chi connectivity index (χ4v) is 3.26. The topological polar surface area (TPSA) is 126 Å². The van der Waals surface area contributed by atoms with Crippen molar-refractivity contribution in [1.29, 1.82) is 0 Å². The van der Waals surface area contributed by atoms with Crippen molar-refractivity contribution in [2.75, 3.05) is 0 Å². The third-order valence-corrected chi connectivity index (χ3v) is 4.64. The summed E-state index contributed by atoms with van der Waals surface area (Å²) < 4.78 is 5.77.